The number of anilines is 1. The number of nitrogens with zero attached hydrogens (tertiary/aromatic N) is 1. The number of hydrogen-bond donors (Lipinski definition) is 0. The van der Waals surface area contributed by atoms with Crippen molar-refractivity contribution in [3.63, 3.8) is 0 Å². The van der Waals surface area contributed by atoms with E-state index in [1.807, 2.05) is 52.8 Å². The summed E-state index contributed by atoms with van der Waals surface area (Å²) in [5.41, 5.74) is 2.26. The first-order valence-electron chi connectivity index (χ1n) is 7.32. The standard InChI is InChI=1S/C17H23NO3S/c1-12-8-13(2)10-15(9-12)18(16(19)17(3,4)5)14-6-7-22(20,21)11-14/h6-10,14H,11H2,1-5H3/t14-/m0/s1. The van der Waals surface area contributed by atoms with Gasteiger partial charge in [-0.2, -0.15) is 0 Å². The molecule has 22 heavy (non-hydrogen) atoms. The van der Waals surface area contributed by atoms with Crippen LogP contribution >= 0.6 is 0 Å². The van der Waals surface area contributed by atoms with Crippen molar-refractivity contribution in [1.82, 2.24) is 0 Å². The van der Waals surface area contributed by atoms with Crippen molar-refractivity contribution in [2.45, 2.75) is 40.7 Å². The van der Waals surface area contributed by atoms with Gasteiger partial charge in [-0.1, -0.05) is 26.8 Å². The summed E-state index contributed by atoms with van der Waals surface area (Å²) in [5.74, 6) is -0.133. The van der Waals surface area contributed by atoms with Crippen LogP contribution in [0.15, 0.2) is 29.7 Å². The monoisotopic (exact) mass is 321 g/mol. The predicted molar refractivity (Wildman–Crippen MR) is 89.6 cm³/mol. The first-order valence-corrected chi connectivity index (χ1v) is 9.04. The Labute approximate surface area is 132 Å². The lowest BCUT2D eigenvalue weighted by molar-refractivity contribution is -0.126. The van der Waals surface area contributed by atoms with Crippen LogP contribution in [0.25, 0.3) is 0 Å². The van der Waals surface area contributed by atoms with Crippen LogP contribution in [0, 0.1) is 19.3 Å². The summed E-state index contributed by atoms with van der Waals surface area (Å²) in [4.78, 5) is 14.5. The topological polar surface area (TPSA) is 54.5 Å². The Balaban J connectivity index is 2.51. The molecule has 1 atom stereocenters. The summed E-state index contributed by atoms with van der Waals surface area (Å²) >= 11 is 0. The molecule has 0 fully saturated rings. The number of hydrogen-bond acceptors (Lipinski definition) is 3. The lowest BCUT2D eigenvalue weighted by atomic mass is 9.93. The second kappa shape index (κ2) is 5.54. The largest absolute Gasteiger partial charge is 0.304 e. The van der Waals surface area contributed by atoms with Crippen LogP contribution in [0.1, 0.15) is 31.9 Å². The lowest BCUT2D eigenvalue weighted by Crippen LogP contribution is -2.46. The number of sulfone groups is 1. The maximum absolute atomic E-state index is 12.9. The highest BCUT2D eigenvalue weighted by Crippen LogP contribution is 2.30. The third-order valence-corrected chi connectivity index (χ3v) is 4.97. The van der Waals surface area contributed by atoms with Crippen molar-refractivity contribution in [1.29, 1.82) is 0 Å². The summed E-state index contributed by atoms with van der Waals surface area (Å²) < 4.78 is 23.5. The molecule has 1 aliphatic rings. The molecule has 1 aromatic carbocycles. The molecule has 0 N–H and O–H groups in total. The summed E-state index contributed by atoms with van der Waals surface area (Å²) in [6, 6.07) is 5.44. The van der Waals surface area contributed by atoms with E-state index in [4.69, 9.17) is 0 Å². The zero-order valence-corrected chi connectivity index (χ0v) is 14.6. The predicted octanol–water partition coefficient (Wildman–Crippen LogP) is 2.99. The minimum atomic E-state index is -3.22. The maximum Gasteiger partial charge on any atom is 0.232 e. The lowest BCUT2D eigenvalue weighted by Gasteiger charge is -2.33. The van der Waals surface area contributed by atoms with Gasteiger partial charge in [0, 0.05) is 16.5 Å². The van der Waals surface area contributed by atoms with Crippen molar-refractivity contribution in [3.05, 3.63) is 40.8 Å². The van der Waals surface area contributed by atoms with Crippen LogP contribution < -0.4 is 4.90 Å². The van der Waals surface area contributed by atoms with Crippen LogP contribution in [0.5, 0.6) is 0 Å². The molecule has 2 rings (SSSR count). The van der Waals surface area contributed by atoms with E-state index in [1.165, 1.54) is 5.41 Å². The number of amides is 1. The number of carbonyl (C=O) groups is 1. The first kappa shape index (κ1) is 16.7. The molecule has 0 aromatic heterocycles. The SMILES string of the molecule is Cc1cc(C)cc(N(C(=O)C(C)(C)C)[C@H]2C=CS(=O)(=O)C2)c1. The molecule has 0 saturated heterocycles. The van der Waals surface area contributed by atoms with Gasteiger partial charge in [0.2, 0.25) is 5.91 Å². The van der Waals surface area contributed by atoms with Gasteiger partial charge in [0.05, 0.1) is 11.8 Å². The number of rotatable bonds is 2. The number of carbonyl (C=O) groups excluding carboxylic acids is 1. The fourth-order valence-corrected chi connectivity index (χ4v) is 3.90. The zero-order chi connectivity index (χ0) is 16.7. The average molecular weight is 321 g/mol. The molecule has 0 radical (unpaired) electrons. The van der Waals surface area contributed by atoms with Gasteiger partial charge in [0.15, 0.2) is 9.84 Å². The summed E-state index contributed by atoms with van der Waals surface area (Å²) in [6.07, 6.45) is 1.61. The van der Waals surface area contributed by atoms with Crippen molar-refractivity contribution in [2.75, 3.05) is 10.7 Å². The highest BCUT2D eigenvalue weighted by molar-refractivity contribution is 7.94. The molecule has 1 amide bonds. The Morgan fingerprint density at radius 3 is 2.09 bits per heavy atom. The molecular weight excluding hydrogens is 298 g/mol. The fourth-order valence-electron chi connectivity index (χ4n) is 2.63. The van der Waals surface area contributed by atoms with Gasteiger partial charge in [-0.05, 0) is 43.2 Å². The number of benzene rings is 1. The van der Waals surface area contributed by atoms with E-state index in [1.54, 1.807) is 11.0 Å². The van der Waals surface area contributed by atoms with E-state index in [0.717, 1.165) is 16.8 Å². The minimum absolute atomic E-state index is 0.0538. The molecule has 1 heterocycles. The molecular formula is C17H23NO3S. The van der Waals surface area contributed by atoms with E-state index in [9.17, 15) is 13.2 Å². The molecule has 0 saturated carbocycles. The van der Waals surface area contributed by atoms with Gasteiger partial charge < -0.3 is 4.90 Å². The van der Waals surface area contributed by atoms with E-state index in [0.29, 0.717) is 0 Å². The van der Waals surface area contributed by atoms with Crippen LogP contribution in [0.3, 0.4) is 0 Å². The third kappa shape index (κ3) is 3.58. The van der Waals surface area contributed by atoms with Gasteiger partial charge >= 0.3 is 0 Å². The van der Waals surface area contributed by atoms with Crippen LogP contribution in [0.2, 0.25) is 0 Å². The molecule has 0 spiro atoms. The fraction of sp³-hybridized carbons (Fsp3) is 0.471. The smallest absolute Gasteiger partial charge is 0.232 e. The molecule has 1 aliphatic heterocycles. The van der Waals surface area contributed by atoms with Gasteiger partial charge in [-0.15, -0.1) is 0 Å². The van der Waals surface area contributed by atoms with E-state index in [-0.39, 0.29) is 11.7 Å². The Hall–Kier alpha value is -1.62. The van der Waals surface area contributed by atoms with E-state index < -0.39 is 21.3 Å². The zero-order valence-electron chi connectivity index (χ0n) is 13.8. The van der Waals surface area contributed by atoms with Crippen LogP contribution in [0.4, 0.5) is 5.69 Å². The summed E-state index contributed by atoms with van der Waals surface area (Å²) in [5, 5.41) is 1.21. The van der Waals surface area contributed by atoms with E-state index in [2.05, 4.69) is 0 Å². The molecule has 120 valence electrons. The first-order chi connectivity index (χ1) is 9.99. The quantitative estimate of drug-likeness (QED) is 0.841. The van der Waals surface area contributed by atoms with Gasteiger partial charge in [0.25, 0.3) is 0 Å². The van der Waals surface area contributed by atoms with Crippen molar-refractivity contribution in [2.24, 2.45) is 5.41 Å². The molecule has 5 heteroatoms. The van der Waals surface area contributed by atoms with Crippen LogP contribution in [-0.4, -0.2) is 26.1 Å². The normalized spacial score (nSPS) is 20.1. The summed E-state index contributed by atoms with van der Waals surface area (Å²) in [6.45, 7) is 9.48. The van der Waals surface area contributed by atoms with E-state index >= 15 is 0 Å². The Morgan fingerprint density at radius 1 is 1.14 bits per heavy atom. The summed E-state index contributed by atoms with van der Waals surface area (Å²) in [7, 11) is -3.22. The molecule has 0 bridgehead atoms. The van der Waals surface area contributed by atoms with Crippen molar-refractivity contribution < 1.29 is 13.2 Å². The average Bonchev–Trinajstić information content (AvgIpc) is 2.67. The second-order valence-electron chi connectivity index (χ2n) is 7.00. The number of aryl methyl sites for hydroxylation is 2. The highest BCUT2D eigenvalue weighted by atomic mass is 32.2. The minimum Gasteiger partial charge on any atom is -0.304 e. The van der Waals surface area contributed by atoms with Crippen molar-refractivity contribution in [3.8, 4) is 0 Å². The Kier molecular flexibility index (Phi) is 4.22. The molecule has 4 nitrogen and oxygen atoms in total. The maximum atomic E-state index is 12.9. The second-order valence-corrected chi connectivity index (χ2v) is 8.93. The highest BCUT2D eigenvalue weighted by Gasteiger charge is 2.36. The third-order valence-electron chi connectivity index (χ3n) is 3.59. The Morgan fingerprint density at radius 2 is 1.68 bits per heavy atom. The van der Waals surface area contributed by atoms with Gasteiger partial charge in [-0.3, -0.25) is 4.79 Å². The van der Waals surface area contributed by atoms with Gasteiger partial charge in [-0.25, -0.2) is 8.42 Å². The Bertz CT molecular complexity index is 707. The molecule has 0 unspecified atom stereocenters. The molecule has 1 aromatic rings. The molecule has 0 aliphatic carbocycles. The van der Waals surface area contributed by atoms with Crippen LogP contribution in [-0.2, 0) is 14.6 Å². The van der Waals surface area contributed by atoms with Crippen molar-refractivity contribution >= 4 is 21.4 Å². The van der Waals surface area contributed by atoms with Gasteiger partial charge in [0.1, 0.15) is 0 Å².